The van der Waals surface area contributed by atoms with Crippen molar-refractivity contribution in [2.45, 2.75) is 43.8 Å². The standard InChI is InChI=1S/C16H24N2OS/c1-12-6-5-9-14(10-12)20-11-15(16(17)18-19)13-7-3-2-4-8-13/h2-4,7-8,12,14-15,19H,5-6,9-11H2,1H3,(H2,17,18). The van der Waals surface area contributed by atoms with E-state index < -0.39 is 0 Å². The van der Waals surface area contributed by atoms with E-state index in [2.05, 4.69) is 12.1 Å². The second-order valence-electron chi connectivity index (χ2n) is 5.72. The molecule has 3 atom stereocenters. The van der Waals surface area contributed by atoms with E-state index in [9.17, 15) is 0 Å². The molecule has 0 amide bonds. The van der Waals surface area contributed by atoms with Gasteiger partial charge in [0.25, 0.3) is 0 Å². The van der Waals surface area contributed by atoms with E-state index in [0.29, 0.717) is 5.84 Å². The van der Waals surface area contributed by atoms with Crippen molar-refractivity contribution in [3.05, 3.63) is 35.9 Å². The molecule has 3 N–H and O–H groups in total. The van der Waals surface area contributed by atoms with E-state index in [1.807, 2.05) is 42.1 Å². The molecule has 110 valence electrons. The first-order valence-electron chi connectivity index (χ1n) is 7.34. The van der Waals surface area contributed by atoms with Crippen molar-refractivity contribution in [3.8, 4) is 0 Å². The number of hydrogen-bond donors (Lipinski definition) is 2. The molecule has 0 spiro atoms. The summed E-state index contributed by atoms with van der Waals surface area (Å²) >= 11 is 1.98. The number of thioether (sulfide) groups is 1. The molecule has 1 aliphatic carbocycles. The van der Waals surface area contributed by atoms with Crippen molar-refractivity contribution in [2.24, 2.45) is 16.8 Å². The highest BCUT2D eigenvalue weighted by molar-refractivity contribution is 7.99. The summed E-state index contributed by atoms with van der Waals surface area (Å²) in [5, 5.41) is 12.9. The van der Waals surface area contributed by atoms with Crippen LogP contribution < -0.4 is 5.73 Å². The van der Waals surface area contributed by atoms with Gasteiger partial charge in [-0.15, -0.1) is 0 Å². The average molecular weight is 292 g/mol. The minimum Gasteiger partial charge on any atom is -0.409 e. The fourth-order valence-corrected chi connectivity index (χ4v) is 4.50. The van der Waals surface area contributed by atoms with Crippen LogP contribution in [0.4, 0.5) is 0 Å². The lowest BCUT2D eigenvalue weighted by atomic mass is 9.91. The van der Waals surface area contributed by atoms with Crippen LogP contribution in [0.3, 0.4) is 0 Å². The van der Waals surface area contributed by atoms with Crippen molar-refractivity contribution in [1.82, 2.24) is 0 Å². The molecule has 2 rings (SSSR count). The Kier molecular flexibility index (Phi) is 5.77. The Labute approximate surface area is 125 Å². The lowest BCUT2D eigenvalue weighted by Crippen LogP contribution is -2.25. The largest absolute Gasteiger partial charge is 0.409 e. The Morgan fingerprint density at radius 3 is 2.80 bits per heavy atom. The molecule has 4 heteroatoms. The maximum absolute atomic E-state index is 9.00. The zero-order valence-corrected chi connectivity index (χ0v) is 12.9. The van der Waals surface area contributed by atoms with Crippen molar-refractivity contribution >= 4 is 17.6 Å². The summed E-state index contributed by atoms with van der Waals surface area (Å²) in [6, 6.07) is 10.1. The number of oxime groups is 1. The van der Waals surface area contributed by atoms with Crippen LogP contribution in [0, 0.1) is 5.92 Å². The SMILES string of the molecule is CC1CCCC(SCC(C(N)=NO)c2ccccc2)C1. The number of amidine groups is 1. The second kappa shape index (κ2) is 7.58. The third kappa shape index (κ3) is 4.17. The predicted molar refractivity (Wildman–Crippen MR) is 86.5 cm³/mol. The van der Waals surface area contributed by atoms with Gasteiger partial charge in [0.05, 0.1) is 5.92 Å². The van der Waals surface area contributed by atoms with E-state index >= 15 is 0 Å². The molecule has 0 radical (unpaired) electrons. The Balaban J connectivity index is 1.98. The molecule has 0 saturated heterocycles. The molecule has 1 saturated carbocycles. The van der Waals surface area contributed by atoms with Crippen LogP contribution in [0.15, 0.2) is 35.5 Å². The molecule has 1 aromatic carbocycles. The Morgan fingerprint density at radius 2 is 2.15 bits per heavy atom. The lowest BCUT2D eigenvalue weighted by molar-refractivity contribution is 0.316. The molecule has 1 aromatic rings. The monoisotopic (exact) mass is 292 g/mol. The van der Waals surface area contributed by atoms with Crippen LogP contribution >= 0.6 is 11.8 Å². The third-order valence-corrected chi connectivity index (χ3v) is 5.49. The maximum atomic E-state index is 9.00. The van der Waals surface area contributed by atoms with E-state index in [0.717, 1.165) is 22.5 Å². The van der Waals surface area contributed by atoms with E-state index in [4.69, 9.17) is 10.9 Å². The van der Waals surface area contributed by atoms with E-state index in [-0.39, 0.29) is 5.92 Å². The van der Waals surface area contributed by atoms with Gasteiger partial charge in [0.1, 0.15) is 5.84 Å². The molecule has 0 bridgehead atoms. The molecule has 3 unspecified atom stereocenters. The maximum Gasteiger partial charge on any atom is 0.147 e. The summed E-state index contributed by atoms with van der Waals surface area (Å²) in [6.07, 6.45) is 5.28. The van der Waals surface area contributed by atoms with Gasteiger partial charge in [-0.25, -0.2) is 0 Å². The van der Waals surface area contributed by atoms with E-state index in [1.165, 1.54) is 25.7 Å². The molecule has 0 aromatic heterocycles. The van der Waals surface area contributed by atoms with Crippen LogP contribution in [-0.4, -0.2) is 22.0 Å². The molecular weight excluding hydrogens is 268 g/mol. The highest BCUT2D eigenvalue weighted by atomic mass is 32.2. The van der Waals surface area contributed by atoms with Gasteiger partial charge in [-0.05, 0) is 24.3 Å². The fourth-order valence-electron chi connectivity index (χ4n) is 2.87. The molecule has 1 aliphatic rings. The number of nitrogens with two attached hydrogens (primary N) is 1. The quantitative estimate of drug-likeness (QED) is 0.375. The van der Waals surface area contributed by atoms with Gasteiger partial charge in [0.2, 0.25) is 0 Å². The van der Waals surface area contributed by atoms with Crippen LogP contribution in [0.25, 0.3) is 0 Å². The topological polar surface area (TPSA) is 58.6 Å². The Hall–Kier alpha value is -1.16. The van der Waals surface area contributed by atoms with Gasteiger partial charge >= 0.3 is 0 Å². The zero-order valence-electron chi connectivity index (χ0n) is 12.0. The number of benzene rings is 1. The van der Waals surface area contributed by atoms with Crippen LogP contribution in [0.2, 0.25) is 0 Å². The summed E-state index contributed by atoms with van der Waals surface area (Å²) in [5.74, 6) is 2.04. The first-order chi connectivity index (χ1) is 9.70. The summed E-state index contributed by atoms with van der Waals surface area (Å²) < 4.78 is 0. The van der Waals surface area contributed by atoms with Crippen LogP contribution in [0.1, 0.15) is 44.1 Å². The first-order valence-corrected chi connectivity index (χ1v) is 8.39. The number of rotatable bonds is 5. The Morgan fingerprint density at radius 1 is 1.40 bits per heavy atom. The summed E-state index contributed by atoms with van der Waals surface area (Å²) in [4.78, 5) is 0. The molecule has 0 aliphatic heterocycles. The van der Waals surface area contributed by atoms with Gasteiger partial charge in [0, 0.05) is 11.0 Å². The highest BCUT2D eigenvalue weighted by Crippen LogP contribution is 2.34. The van der Waals surface area contributed by atoms with Gasteiger partial charge in [-0.2, -0.15) is 11.8 Å². The minimum atomic E-state index is 0.00318. The Bertz CT molecular complexity index is 435. The summed E-state index contributed by atoms with van der Waals surface area (Å²) in [7, 11) is 0. The average Bonchev–Trinajstić information content (AvgIpc) is 2.48. The molecule has 20 heavy (non-hydrogen) atoms. The first kappa shape index (κ1) is 15.2. The molecule has 0 heterocycles. The van der Waals surface area contributed by atoms with Crippen molar-refractivity contribution in [3.63, 3.8) is 0 Å². The summed E-state index contributed by atoms with van der Waals surface area (Å²) in [6.45, 7) is 2.34. The zero-order chi connectivity index (χ0) is 14.4. The lowest BCUT2D eigenvalue weighted by Gasteiger charge is -2.27. The molecule has 3 nitrogen and oxygen atoms in total. The fraction of sp³-hybridized carbons (Fsp3) is 0.562. The van der Waals surface area contributed by atoms with Gasteiger partial charge in [-0.3, -0.25) is 0 Å². The normalized spacial score (nSPS) is 25.4. The van der Waals surface area contributed by atoms with E-state index in [1.54, 1.807) is 0 Å². The van der Waals surface area contributed by atoms with Gasteiger partial charge in [0.15, 0.2) is 0 Å². The number of nitrogens with zero attached hydrogens (tertiary/aromatic N) is 1. The van der Waals surface area contributed by atoms with Crippen molar-refractivity contribution in [2.75, 3.05) is 5.75 Å². The summed E-state index contributed by atoms with van der Waals surface area (Å²) in [5.41, 5.74) is 7.00. The predicted octanol–water partition coefficient (Wildman–Crippen LogP) is 3.83. The minimum absolute atomic E-state index is 0.00318. The highest BCUT2D eigenvalue weighted by Gasteiger charge is 2.23. The van der Waals surface area contributed by atoms with Gasteiger partial charge < -0.3 is 10.9 Å². The molecule has 1 fully saturated rings. The van der Waals surface area contributed by atoms with Crippen molar-refractivity contribution < 1.29 is 5.21 Å². The van der Waals surface area contributed by atoms with Crippen LogP contribution in [0.5, 0.6) is 0 Å². The third-order valence-electron chi connectivity index (χ3n) is 4.06. The van der Waals surface area contributed by atoms with Gasteiger partial charge in [-0.1, -0.05) is 55.3 Å². The number of hydrogen-bond acceptors (Lipinski definition) is 3. The van der Waals surface area contributed by atoms with Crippen molar-refractivity contribution in [1.29, 1.82) is 0 Å². The second-order valence-corrected chi connectivity index (χ2v) is 7.05. The molecular formula is C16H24N2OS. The van der Waals surface area contributed by atoms with Crippen LogP contribution in [-0.2, 0) is 0 Å². The smallest absolute Gasteiger partial charge is 0.147 e.